The summed E-state index contributed by atoms with van der Waals surface area (Å²) in [5, 5.41) is 3.19. The Labute approximate surface area is 80.8 Å². The van der Waals surface area contributed by atoms with E-state index in [9.17, 15) is 4.79 Å². The van der Waals surface area contributed by atoms with Gasteiger partial charge in [0, 0.05) is 6.04 Å². The second-order valence-corrected chi connectivity index (χ2v) is 3.41. The topological polar surface area (TPSA) is 38.3 Å². The van der Waals surface area contributed by atoms with Crippen molar-refractivity contribution in [3.05, 3.63) is 0 Å². The maximum Gasteiger partial charge on any atom is 0.323 e. The van der Waals surface area contributed by atoms with Crippen LogP contribution in [0, 0.1) is 0 Å². The lowest BCUT2D eigenvalue weighted by Crippen LogP contribution is -2.41. The van der Waals surface area contributed by atoms with Gasteiger partial charge >= 0.3 is 5.97 Å². The summed E-state index contributed by atoms with van der Waals surface area (Å²) in [5.74, 6) is -0.127. The van der Waals surface area contributed by atoms with Gasteiger partial charge in [-0.1, -0.05) is 27.2 Å². The van der Waals surface area contributed by atoms with Crippen molar-refractivity contribution in [1.29, 1.82) is 0 Å². The zero-order valence-corrected chi connectivity index (χ0v) is 9.09. The first-order chi connectivity index (χ1) is 6.11. The van der Waals surface area contributed by atoms with Crippen molar-refractivity contribution in [2.24, 2.45) is 0 Å². The molecule has 0 aliphatic carbocycles. The molecule has 0 unspecified atom stereocenters. The van der Waals surface area contributed by atoms with E-state index in [1.54, 1.807) is 0 Å². The minimum atomic E-state index is -0.134. The highest BCUT2D eigenvalue weighted by molar-refractivity contribution is 5.75. The Morgan fingerprint density at radius 3 is 2.38 bits per heavy atom. The minimum Gasteiger partial charge on any atom is -0.465 e. The van der Waals surface area contributed by atoms with Crippen LogP contribution in [0.2, 0.25) is 0 Å². The van der Waals surface area contributed by atoms with Crippen molar-refractivity contribution in [2.45, 2.75) is 52.6 Å². The smallest absolute Gasteiger partial charge is 0.323 e. The number of carbonyl (C=O) groups is 1. The van der Waals surface area contributed by atoms with Crippen molar-refractivity contribution in [3.8, 4) is 0 Å². The van der Waals surface area contributed by atoms with E-state index in [-0.39, 0.29) is 12.0 Å². The molecule has 13 heavy (non-hydrogen) atoms. The number of rotatable bonds is 6. The summed E-state index contributed by atoms with van der Waals surface area (Å²) in [6, 6.07) is 0.186. The molecule has 3 heteroatoms. The number of hydrogen-bond donors (Lipinski definition) is 1. The van der Waals surface area contributed by atoms with E-state index < -0.39 is 0 Å². The van der Waals surface area contributed by atoms with Gasteiger partial charge in [0.05, 0.1) is 6.61 Å². The van der Waals surface area contributed by atoms with Gasteiger partial charge in [-0.05, 0) is 13.3 Å². The minimum absolute atomic E-state index is 0.127. The number of nitrogens with one attached hydrogen (secondary N) is 1. The van der Waals surface area contributed by atoms with E-state index in [1.165, 1.54) is 0 Å². The molecule has 0 spiro atoms. The van der Waals surface area contributed by atoms with Crippen molar-refractivity contribution >= 4 is 5.97 Å². The molecule has 0 amide bonds. The zero-order valence-electron chi connectivity index (χ0n) is 9.09. The van der Waals surface area contributed by atoms with Gasteiger partial charge in [-0.25, -0.2) is 0 Å². The molecule has 0 heterocycles. The normalized spacial score (nSPS) is 13.0. The molecule has 0 aliphatic heterocycles. The van der Waals surface area contributed by atoms with Crippen LogP contribution in [0.3, 0.4) is 0 Å². The van der Waals surface area contributed by atoms with Gasteiger partial charge in [-0.3, -0.25) is 4.79 Å². The predicted octanol–water partition coefficient (Wildman–Crippen LogP) is 1.72. The SMILES string of the molecule is CCC[C@@H](NC(C)C)C(=O)OCC. The number of esters is 1. The fraction of sp³-hybridized carbons (Fsp3) is 0.900. The second kappa shape index (κ2) is 6.89. The second-order valence-electron chi connectivity index (χ2n) is 3.41. The first kappa shape index (κ1) is 12.4. The Bertz CT molecular complexity index is 146. The highest BCUT2D eigenvalue weighted by atomic mass is 16.5. The molecule has 0 aromatic rings. The summed E-state index contributed by atoms with van der Waals surface area (Å²) in [6.07, 6.45) is 1.83. The monoisotopic (exact) mass is 187 g/mol. The first-order valence-corrected chi connectivity index (χ1v) is 5.04. The average molecular weight is 187 g/mol. The van der Waals surface area contributed by atoms with Gasteiger partial charge in [0.1, 0.15) is 6.04 Å². The molecular formula is C10H21NO2. The fourth-order valence-corrected chi connectivity index (χ4v) is 1.20. The van der Waals surface area contributed by atoms with Crippen LogP contribution in [0.15, 0.2) is 0 Å². The number of ether oxygens (including phenoxy) is 1. The summed E-state index contributed by atoms with van der Waals surface area (Å²) in [7, 11) is 0. The molecule has 0 radical (unpaired) electrons. The van der Waals surface area contributed by atoms with E-state index in [2.05, 4.69) is 12.2 Å². The van der Waals surface area contributed by atoms with Gasteiger partial charge in [-0.2, -0.15) is 0 Å². The third kappa shape index (κ3) is 5.64. The van der Waals surface area contributed by atoms with Crippen LogP contribution < -0.4 is 5.32 Å². The lowest BCUT2D eigenvalue weighted by molar-refractivity contribution is -0.146. The van der Waals surface area contributed by atoms with Crippen LogP contribution in [-0.4, -0.2) is 24.7 Å². The highest BCUT2D eigenvalue weighted by Crippen LogP contribution is 2.00. The Hall–Kier alpha value is -0.570. The third-order valence-corrected chi connectivity index (χ3v) is 1.68. The third-order valence-electron chi connectivity index (χ3n) is 1.68. The number of carbonyl (C=O) groups excluding carboxylic acids is 1. The van der Waals surface area contributed by atoms with E-state index in [1.807, 2.05) is 20.8 Å². The molecule has 3 nitrogen and oxygen atoms in total. The number of hydrogen-bond acceptors (Lipinski definition) is 3. The molecule has 78 valence electrons. The van der Waals surface area contributed by atoms with Gasteiger partial charge < -0.3 is 10.1 Å². The maximum absolute atomic E-state index is 11.4. The Balaban J connectivity index is 3.98. The first-order valence-electron chi connectivity index (χ1n) is 5.04. The largest absolute Gasteiger partial charge is 0.465 e. The highest BCUT2D eigenvalue weighted by Gasteiger charge is 2.18. The predicted molar refractivity (Wildman–Crippen MR) is 53.6 cm³/mol. The summed E-state index contributed by atoms with van der Waals surface area (Å²) in [5.41, 5.74) is 0. The molecule has 0 bridgehead atoms. The molecular weight excluding hydrogens is 166 g/mol. The van der Waals surface area contributed by atoms with Crippen molar-refractivity contribution in [2.75, 3.05) is 6.61 Å². The van der Waals surface area contributed by atoms with E-state index in [0.717, 1.165) is 12.8 Å². The summed E-state index contributed by atoms with van der Waals surface area (Å²) >= 11 is 0. The summed E-state index contributed by atoms with van der Waals surface area (Å²) in [6.45, 7) is 8.41. The summed E-state index contributed by atoms with van der Waals surface area (Å²) < 4.78 is 4.96. The van der Waals surface area contributed by atoms with Gasteiger partial charge in [0.25, 0.3) is 0 Å². The Kier molecular flexibility index (Phi) is 6.59. The van der Waals surface area contributed by atoms with E-state index >= 15 is 0 Å². The van der Waals surface area contributed by atoms with Gasteiger partial charge in [0.2, 0.25) is 0 Å². The molecule has 0 saturated carbocycles. The fourth-order valence-electron chi connectivity index (χ4n) is 1.20. The van der Waals surface area contributed by atoms with Crippen molar-refractivity contribution in [3.63, 3.8) is 0 Å². The zero-order chi connectivity index (χ0) is 10.3. The molecule has 1 atom stereocenters. The van der Waals surface area contributed by atoms with Gasteiger partial charge in [-0.15, -0.1) is 0 Å². The van der Waals surface area contributed by atoms with Crippen molar-refractivity contribution in [1.82, 2.24) is 5.32 Å². The Morgan fingerprint density at radius 2 is 2.00 bits per heavy atom. The molecule has 0 saturated heterocycles. The molecule has 0 aromatic carbocycles. The molecule has 0 aliphatic rings. The average Bonchev–Trinajstić information content (AvgIpc) is 2.03. The maximum atomic E-state index is 11.4. The van der Waals surface area contributed by atoms with Crippen LogP contribution in [0.4, 0.5) is 0 Å². The van der Waals surface area contributed by atoms with Gasteiger partial charge in [0.15, 0.2) is 0 Å². The lowest BCUT2D eigenvalue weighted by atomic mass is 10.1. The van der Waals surface area contributed by atoms with Crippen LogP contribution in [-0.2, 0) is 9.53 Å². The van der Waals surface area contributed by atoms with E-state index in [0.29, 0.717) is 12.6 Å². The molecule has 0 aromatic heterocycles. The van der Waals surface area contributed by atoms with Crippen LogP contribution >= 0.6 is 0 Å². The van der Waals surface area contributed by atoms with E-state index in [4.69, 9.17) is 4.74 Å². The quantitative estimate of drug-likeness (QED) is 0.643. The van der Waals surface area contributed by atoms with Crippen LogP contribution in [0.25, 0.3) is 0 Å². The summed E-state index contributed by atoms with van der Waals surface area (Å²) in [4.78, 5) is 11.4. The molecule has 0 rings (SSSR count). The van der Waals surface area contributed by atoms with Crippen molar-refractivity contribution < 1.29 is 9.53 Å². The lowest BCUT2D eigenvalue weighted by Gasteiger charge is -2.18. The van der Waals surface area contributed by atoms with Crippen LogP contribution in [0.5, 0.6) is 0 Å². The van der Waals surface area contributed by atoms with Crippen LogP contribution in [0.1, 0.15) is 40.5 Å². The Morgan fingerprint density at radius 1 is 1.38 bits per heavy atom. The molecule has 0 fully saturated rings. The molecule has 1 N–H and O–H groups in total. The standard InChI is InChI=1S/C10H21NO2/c1-5-7-9(11-8(3)4)10(12)13-6-2/h8-9,11H,5-7H2,1-4H3/t9-/m1/s1.